The molecule has 1 aromatic rings. The number of amides is 1. The Balaban J connectivity index is 1.84. The molecule has 1 amide bonds. The van der Waals surface area contributed by atoms with Crippen LogP contribution in [0.3, 0.4) is 0 Å². The zero-order valence-corrected chi connectivity index (χ0v) is 12.1. The van der Waals surface area contributed by atoms with E-state index in [1.54, 1.807) is 0 Å². The van der Waals surface area contributed by atoms with Gasteiger partial charge in [-0.25, -0.2) is 9.48 Å². The highest BCUT2D eigenvalue weighted by molar-refractivity contribution is 5.84. The van der Waals surface area contributed by atoms with Crippen LogP contribution in [-0.4, -0.2) is 51.6 Å². The van der Waals surface area contributed by atoms with E-state index in [9.17, 15) is 9.59 Å². The largest absolute Gasteiger partial charge is 0.476 e. The highest BCUT2D eigenvalue weighted by Gasteiger charge is 2.37. The molecule has 116 valence electrons. The Bertz CT molecular complexity index is 508. The molecule has 1 unspecified atom stereocenters. The van der Waals surface area contributed by atoms with E-state index in [1.165, 1.54) is 10.9 Å². The van der Waals surface area contributed by atoms with Crippen molar-refractivity contribution in [1.82, 2.24) is 25.6 Å². The quantitative estimate of drug-likeness (QED) is 0.674. The Labute approximate surface area is 122 Å². The fourth-order valence-electron chi connectivity index (χ4n) is 2.60. The lowest BCUT2D eigenvalue weighted by Gasteiger charge is -2.35. The van der Waals surface area contributed by atoms with Crippen molar-refractivity contribution >= 4 is 11.9 Å². The lowest BCUT2D eigenvalue weighted by atomic mass is 9.77. The number of aromatic nitrogens is 3. The fourth-order valence-corrected chi connectivity index (χ4v) is 2.60. The molecule has 0 spiro atoms. The van der Waals surface area contributed by atoms with Gasteiger partial charge in [0.1, 0.15) is 0 Å². The molecule has 1 fully saturated rings. The van der Waals surface area contributed by atoms with Gasteiger partial charge in [-0.3, -0.25) is 4.79 Å². The lowest BCUT2D eigenvalue weighted by Crippen LogP contribution is -2.50. The molecule has 8 nitrogen and oxygen atoms in total. The van der Waals surface area contributed by atoms with Crippen molar-refractivity contribution < 1.29 is 14.7 Å². The third kappa shape index (κ3) is 3.57. The number of hydrogen-bond acceptors (Lipinski definition) is 5. The number of carboxylic acids is 1. The first kappa shape index (κ1) is 15.4. The van der Waals surface area contributed by atoms with Crippen LogP contribution in [0.5, 0.6) is 0 Å². The normalized spacial score (nSPS) is 22.0. The number of hydrogen-bond donors (Lipinski definition) is 3. The van der Waals surface area contributed by atoms with E-state index in [0.717, 1.165) is 25.8 Å². The Hall–Kier alpha value is -1.96. The van der Waals surface area contributed by atoms with Crippen molar-refractivity contribution in [3.05, 3.63) is 11.9 Å². The topological polar surface area (TPSA) is 109 Å². The van der Waals surface area contributed by atoms with Crippen molar-refractivity contribution in [2.24, 2.45) is 5.41 Å². The zero-order valence-electron chi connectivity index (χ0n) is 12.1. The van der Waals surface area contributed by atoms with Crippen LogP contribution in [0.1, 0.15) is 36.7 Å². The SMILES string of the molecule is CCC1(C(=O)NCCn2cc(C(=O)O)nn2)CCCNC1. The van der Waals surface area contributed by atoms with Crippen LogP contribution in [0.2, 0.25) is 0 Å². The van der Waals surface area contributed by atoms with E-state index >= 15 is 0 Å². The third-order valence-electron chi connectivity index (χ3n) is 4.01. The number of carboxylic acid groups (broad SMARTS) is 1. The van der Waals surface area contributed by atoms with Gasteiger partial charge in [-0.15, -0.1) is 5.10 Å². The smallest absolute Gasteiger partial charge is 0.358 e. The standard InChI is InChI=1S/C13H21N5O3/c1-2-13(4-3-5-14-9-13)12(21)15-6-7-18-8-10(11(19)20)16-17-18/h8,14H,2-7,9H2,1H3,(H,15,21)(H,19,20). The molecule has 1 aliphatic rings. The van der Waals surface area contributed by atoms with Gasteiger partial charge in [0.05, 0.1) is 18.2 Å². The molecule has 1 aromatic heterocycles. The molecule has 0 aliphatic carbocycles. The summed E-state index contributed by atoms with van der Waals surface area (Å²) in [4.78, 5) is 23.1. The molecule has 0 saturated carbocycles. The summed E-state index contributed by atoms with van der Waals surface area (Å²) >= 11 is 0. The number of aromatic carboxylic acids is 1. The molecule has 1 aliphatic heterocycles. The lowest BCUT2D eigenvalue weighted by molar-refractivity contribution is -0.132. The Morgan fingerprint density at radius 1 is 1.57 bits per heavy atom. The second-order valence-corrected chi connectivity index (χ2v) is 5.34. The molecule has 21 heavy (non-hydrogen) atoms. The van der Waals surface area contributed by atoms with Crippen molar-refractivity contribution in [1.29, 1.82) is 0 Å². The van der Waals surface area contributed by atoms with E-state index < -0.39 is 5.97 Å². The van der Waals surface area contributed by atoms with Gasteiger partial charge in [-0.1, -0.05) is 12.1 Å². The van der Waals surface area contributed by atoms with Crippen LogP contribution in [0.25, 0.3) is 0 Å². The van der Waals surface area contributed by atoms with E-state index in [2.05, 4.69) is 20.9 Å². The monoisotopic (exact) mass is 295 g/mol. The van der Waals surface area contributed by atoms with E-state index in [-0.39, 0.29) is 17.0 Å². The number of rotatable bonds is 6. The Kier molecular flexibility index (Phi) is 4.89. The molecule has 0 radical (unpaired) electrons. The van der Waals surface area contributed by atoms with Crippen molar-refractivity contribution in [3.8, 4) is 0 Å². The summed E-state index contributed by atoms with van der Waals surface area (Å²) < 4.78 is 1.42. The first-order valence-corrected chi connectivity index (χ1v) is 7.20. The molecule has 2 rings (SSSR count). The molecule has 2 heterocycles. The number of nitrogens with zero attached hydrogens (tertiary/aromatic N) is 3. The van der Waals surface area contributed by atoms with Gasteiger partial charge in [0.25, 0.3) is 0 Å². The number of nitrogens with one attached hydrogen (secondary N) is 2. The molecule has 0 aromatic carbocycles. The van der Waals surface area contributed by atoms with Gasteiger partial charge in [0.15, 0.2) is 5.69 Å². The average molecular weight is 295 g/mol. The maximum atomic E-state index is 12.4. The second-order valence-electron chi connectivity index (χ2n) is 5.34. The summed E-state index contributed by atoms with van der Waals surface area (Å²) in [7, 11) is 0. The minimum atomic E-state index is -1.11. The minimum absolute atomic E-state index is 0.0516. The molecule has 1 atom stereocenters. The van der Waals surface area contributed by atoms with E-state index in [0.29, 0.717) is 19.6 Å². The van der Waals surface area contributed by atoms with Crippen LogP contribution in [0, 0.1) is 5.41 Å². The highest BCUT2D eigenvalue weighted by atomic mass is 16.4. The first-order valence-electron chi connectivity index (χ1n) is 7.20. The summed E-state index contributed by atoms with van der Waals surface area (Å²) in [6.45, 7) is 4.51. The number of piperidine rings is 1. The van der Waals surface area contributed by atoms with Crippen LogP contribution >= 0.6 is 0 Å². The highest BCUT2D eigenvalue weighted by Crippen LogP contribution is 2.30. The van der Waals surface area contributed by atoms with Crippen LogP contribution in [0.4, 0.5) is 0 Å². The summed E-state index contributed by atoms with van der Waals surface area (Å²) in [5.74, 6) is -1.06. The number of carbonyl (C=O) groups is 2. The van der Waals surface area contributed by atoms with Gasteiger partial charge >= 0.3 is 5.97 Å². The summed E-state index contributed by atoms with van der Waals surface area (Å²) in [6, 6.07) is 0. The molecule has 0 bridgehead atoms. The molecule has 8 heteroatoms. The fraction of sp³-hybridized carbons (Fsp3) is 0.692. The van der Waals surface area contributed by atoms with Gasteiger partial charge in [0.2, 0.25) is 5.91 Å². The molecule has 3 N–H and O–H groups in total. The third-order valence-corrected chi connectivity index (χ3v) is 4.01. The second kappa shape index (κ2) is 6.66. The summed E-state index contributed by atoms with van der Waals surface area (Å²) in [6.07, 6.45) is 4.06. The molecular formula is C13H21N5O3. The summed E-state index contributed by atoms with van der Waals surface area (Å²) in [5, 5.41) is 22.2. The molecule has 1 saturated heterocycles. The maximum Gasteiger partial charge on any atom is 0.358 e. The van der Waals surface area contributed by atoms with Crippen LogP contribution in [-0.2, 0) is 11.3 Å². The van der Waals surface area contributed by atoms with Crippen LogP contribution in [0.15, 0.2) is 6.20 Å². The number of carbonyl (C=O) groups excluding carboxylic acids is 1. The van der Waals surface area contributed by atoms with E-state index in [1.807, 2.05) is 6.92 Å². The Morgan fingerprint density at radius 2 is 2.38 bits per heavy atom. The van der Waals surface area contributed by atoms with Crippen LogP contribution < -0.4 is 10.6 Å². The van der Waals surface area contributed by atoms with Gasteiger partial charge in [-0.2, -0.15) is 0 Å². The average Bonchev–Trinajstić information content (AvgIpc) is 2.97. The summed E-state index contributed by atoms with van der Waals surface area (Å²) in [5.41, 5.74) is -0.421. The van der Waals surface area contributed by atoms with Gasteiger partial charge < -0.3 is 15.7 Å². The first-order chi connectivity index (χ1) is 10.1. The predicted octanol–water partition coefficient (Wildman–Crippen LogP) is -0.128. The van der Waals surface area contributed by atoms with Crippen molar-refractivity contribution in [2.75, 3.05) is 19.6 Å². The van der Waals surface area contributed by atoms with Gasteiger partial charge in [0, 0.05) is 13.1 Å². The molecular weight excluding hydrogens is 274 g/mol. The van der Waals surface area contributed by atoms with E-state index in [4.69, 9.17) is 5.11 Å². The predicted molar refractivity (Wildman–Crippen MR) is 74.8 cm³/mol. The van der Waals surface area contributed by atoms with Crippen molar-refractivity contribution in [2.45, 2.75) is 32.7 Å². The zero-order chi connectivity index (χ0) is 15.3. The maximum absolute atomic E-state index is 12.4. The Morgan fingerprint density at radius 3 is 2.95 bits per heavy atom. The van der Waals surface area contributed by atoms with Crippen molar-refractivity contribution in [3.63, 3.8) is 0 Å². The minimum Gasteiger partial charge on any atom is -0.476 e. The van der Waals surface area contributed by atoms with Gasteiger partial charge in [-0.05, 0) is 25.8 Å².